The molecule has 9 heteroatoms. The van der Waals surface area contributed by atoms with E-state index in [1.54, 1.807) is 15.9 Å². The van der Waals surface area contributed by atoms with Crippen molar-refractivity contribution in [3.8, 4) is 0 Å². The topological polar surface area (TPSA) is 96.0 Å². The van der Waals surface area contributed by atoms with Crippen molar-refractivity contribution in [3.05, 3.63) is 28.3 Å². The first-order chi connectivity index (χ1) is 13.7. The minimum absolute atomic E-state index is 0.00340. The van der Waals surface area contributed by atoms with E-state index >= 15 is 0 Å². The van der Waals surface area contributed by atoms with Crippen LogP contribution in [-0.2, 0) is 23.9 Å². The molecule has 1 saturated heterocycles. The highest BCUT2D eigenvalue weighted by Gasteiger charge is 2.23. The molecule has 1 fully saturated rings. The third-order valence-corrected chi connectivity index (χ3v) is 4.98. The highest BCUT2D eigenvalue weighted by molar-refractivity contribution is 6.34. The highest BCUT2D eigenvalue weighted by atomic mass is 35.5. The Kier molecular flexibility index (Phi) is 8.01. The highest BCUT2D eigenvalue weighted by Crippen LogP contribution is 2.27. The zero-order valence-electron chi connectivity index (χ0n) is 16.9. The standard InChI is InChI=1S/C20H26ClN3O5/c1-13-10-14(2)20(16(21)11-13)22-17(26)12-29-19(28)5-4-18(27)24-8-6-23(7-9-24)15(3)25/h10-11H,4-9,12H2,1-3H3,(H,22,26). The monoisotopic (exact) mass is 423 g/mol. The van der Waals surface area contributed by atoms with Crippen LogP contribution in [0.25, 0.3) is 0 Å². The van der Waals surface area contributed by atoms with Gasteiger partial charge in [0.15, 0.2) is 6.61 Å². The Balaban J connectivity index is 1.71. The molecule has 0 aromatic heterocycles. The van der Waals surface area contributed by atoms with Crippen molar-refractivity contribution in [1.82, 2.24) is 9.80 Å². The first kappa shape index (κ1) is 22.7. The van der Waals surface area contributed by atoms with E-state index in [2.05, 4.69) is 5.32 Å². The summed E-state index contributed by atoms with van der Waals surface area (Å²) in [6.45, 7) is 6.66. The SMILES string of the molecule is CC(=O)N1CCN(C(=O)CCC(=O)OCC(=O)Nc2c(C)cc(C)cc2Cl)CC1. The lowest BCUT2D eigenvalue weighted by Gasteiger charge is -2.34. The van der Waals surface area contributed by atoms with Crippen LogP contribution in [0.1, 0.15) is 30.9 Å². The number of nitrogens with zero attached hydrogens (tertiary/aromatic N) is 2. The second-order valence-corrected chi connectivity index (χ2v) is 7.44. The van der Waals surface area contributed by atoms with Crippen LogP contribution in [0.5, 0.6) is 0 Å². The van der Waals surface area contributed by atoms with Crippen LogP contribution >= 0.6 is 11.6 Å². The van der Waals surface area contributed by atoms with Crippen LogP contribution in [-0.4, -0.2) is 66.3 Å². The second kappa shape index (κ2) is 10.2. The van der Waals surface area contributed by atoms with Gasteiger partial charge < -0.3 is 19.9 Å². The molecule has 0 unspecified atom stereocenters. The summed E-state index contributed by atoms with van der Waals surface area (Å²) in [6, 6.07) is 3.62. The number of hydrogen-bond acceptors (Lipinski definition) is 5. The summed E-state index contributed by atoms with van der Waals surface area (Å²) in [7, 11) is 0. The van der Waals surface area contributed by atoms with E-state index in [9.17, 15) is 19.2 Å². The van der Waals surface area contributed by atoms with E-state index in [0.29, 0.717) is 36.9 Å². The largest absolute Gasteiger partial charge is 0.456 e. The minimum atomic E-state index is -0.623. The predicted octanol–water partition coefficient (Wildman–Crippen LogP) is 1.91. The first-order valence-corrected chi connectivity index (χ1v) is 9.80. The Hall–Kier alpha value is -2.61. The van der Waals surface area contributed by atoms with E-state index in [-0.39, 0.29) is 24.7 Å². The number of aryl methyl sites for hydroxylation is 2. The number of rotatable bonds is 6. The lowest BCUT2D eigenvalue weighted by atomic mass is 10.1. The van der Waals surface area contributed by atoms with Crippen molar-refractivity contribution in [2.45, 2.75) is 33.6 Å². The van der Waals surface area contributed by atoms with Gasteiger partial charge in [0, 0.05) is 39.5 Å². The molecule has 0 atom stereocenters. The van der Waals surface area contributed by atoms with Crippen LogP contribution in [0.4, 0.5) is 5.69 Å². The summed E-state index contributed by atoms with van der Waals surface area (Å²) in [5, 5.41) is 3.05. The van der Waals surface area contributed by atoms with Gasteiger partial charge in [-0.25, -0.2) is 0 Å². The molecule has 1 aromatic carbocycles. The molecule has 0 spiro atoms. The summed E-state index contributed by atoms with van der Waals surface area (Å²) in [5.74, 6) is -1.31. The maximum atomic E-state index is 12.2. The van der Waals surface area contributed by atoms with Crippen molar-refractivity contribution in [1.29, 1.82) is 0 Å². The van der Waals surface area contributed by atoms with Crippen LogP contribution in [0, 0.1) is 13.8 Å². The van der Waals surface area contributed by atoms with Gasteiger partial charge >= 0.3 is 5.97 Å². The van der Waals surface area contributed by atoms with Gasteiger partial charge in [-0.2, -0.15) is 0 Å². The number of nitrogens with one attached hydrogen (secondary N) is 1. The molecule has 29 heavy (non-hydrogen) atoms. The number of carbonyl (C=O) groups excluding carboxylic acids is 4. The zero-order valence-corrected chi connectivity index (χ0v) is 17.7. The molecule has 1 aliphatic heterocycles. The minimum Gasteiger partial charge on any atom is -0.456 e. The Morgan fingerprint density at radius 2 is 1.66 bits per heavy atom. The smallest absolute Gasteiger partial charge is 0.306 e. The molecular formula is C20H26ClN3O5. The second-order valence-electron chi connectivity index (χ2n) is 7.03. The van der Waals surface area contributed by atoms with Gasteiger partial charge in [-0.1, -0.05) is 17.7 Å². The number of carbonyl (C=O) groups is 4. The fourth-order valence-electron chi connectivity index (χ4n) is 3.11. The number of esters is 1. The van der Waals surface area contributed by atoms with Gasteiger partial charge in [0.25, 0.3) is 5.91 Å². The zero-order chi connectivity index (χ0) is 21.6. The number of halogens is 1. The summed E-state index contributed by atoms with van der Waals surface area (Å²) < 4.78 is 4.95. The predicted molar refractivity (Wildman–Crippen MR) is 109 cm³/mol. The third kappa shape index (κ3) is 6.74. The molecule has 0 aliphatic carbocycles. The molecule has 8 nitrogen and oxygen atoms in total. The number of benzene rings is 1. The van der Waals surface area contributed by atoms with E-state index in [1.165, 1.54) is 6.92 Å². The summed E-state index contributed by atoms with van der Waals surface area (Å²) >= 11 is 6.14. The van der Waals surface area contributed by atoms with Gasteiger partial charge in [0.2, 0.25) is 11.8 Å². The van der Waals surface area contributed by atoms with Gasteiger partial charge in [-0.05, 0) is 31.0 Å². The average molecular weight is 424 g/mol. The molecular weight excluding hydrogens is 398 g/mol. The Labute approximate surface area is 175 Å². The van der Waals surface area contributed by atoms with Crippen LogP contribution in [0.15, 0.2) is 12.1 Å². The molecule has 3 amide bonds. The van der Waals surface area contributed by atoms with Crippen LogP contribution in [0.3, 0.4) is 0 Å². The number of hydrogen-bond donors (Lipinski definition) is 1. The van der Waals surface area contributed by atoms with E-state index in [1.807, 2.05) is 19.9 Å². The number of piperazine rings is 1. The summed E-state index contributed by atoms with van der Waals surface area (Å²) in [4.78, 5) is 50.7. The van der Waals surface area contributed by atoms with Gasteiger partial charge in [-0.15, -0.1) is 0 Å². The summed E-state index contributed by atoms with van der Waals surface area (Å²) in [5.41, 5.74) is 2.27. The molecule has 0 saturated carbocycles. The first-order valence-electron chi connectivity index (χ1n) is 9.43. The van der Waals surface area contributed by atoms with E-state index in [0.717, 1.165) is 11.1 Å². The molecule has 1 N–H and O–H groups in total. The average Bonchev–Trinajstić information content (AvgIpc) is 2.67. The fraction of sp³-hybridized carbons (Fsp3) is 0.500. The van der Waals surface area contributed by atoms with Crippen LogP contribution in [0.2, 0.25) is 5.02 Å². The molecule has 1 aromatic rings. The molecule has 1 heterocycles. The number of anilines is 1. The van der Waals surface area contributed by atoms with Crippen molar-refractivity contribution in [2.24, 2.45) is 0 Å². The van der Waals surface area contributed by atoms with E-state index < -0.39 is 18.5 Å². The normalized spacial score (nSPS) is 13.8. The van der Waals surface area contributed by atoms with Gasteiger partial charge in [0.05, 0.1) is 17.1 Å². The van der Waals surface area contributed by atoms with Gasteiger partial charge in [-0.3, -0.25) is 19.2 Å². The molecule has 0 bridgehead atoms. The quantitative estimate of drug-likeness (QED) is 0.705. The maximum Gasteiger partial charge on any atom is 0.306 e. The molecule has 0 radical (unpaired) electrons. The van der Waals surface area contributed by atoms with Crippen LogP contribution < -0.4 is 5.32 Å². The van der Waals surface area contributed by atoms with Crippen molar-refractivity contribution >= 4 is 41.0 Å². The number of ether oxygens (including phenoxy) is 1. The van der Waals surface area contributed by atoms with Crippen molar-refractivity contribution in [2.75, 3.05) is 38.1 Å². The maximum absolute atomic E-state index is 12.2. The summed E-state index contributed by atoms with van der Waals surface area (Å²) in [6.07, 6.45) is -0.104. The van der Waals surface area contributed by atoms with E-state index in [4.69, 9.17) is 16.3 Å². The van der Waals surface area contributed by atoms with Crippen molar-refractivity contribution < 1.29 is 23.9 Å². The van der Waals surface area contributed by atoms with Crippen molar-refractivity contribution in [3.63, 3.8) is 0 Å². The van der Waals surface area contributed by atoms with Gasteiger partial charge in [0.1, 0.15) is 0 Å². The molecule has 158 valence electrons. The number of amides is 3. The Morgan fingerprint density at radius 1 is 1.03 bits per heavy atom. The Bertz CT molecular complexity index is 780. The Morgan fingerprint density at radius 3 is 2.24 bits per heavy atom. The lowest BCUT2D eigenvalue weighted by molar-refractivity contribution is -0.149. The molecule has 1 aliphatic rings. The molecule has 2 rings (SSSR count). The fourth-order valence-corrected chi connectivity index (χ4v) is 3.47. The lowest BCUT2D eigenvalue weighted by Crippen LogP contribution is -2.50. The third-order valence-electron chi connectivity index (χ3n) is 4.68.